The molecule has 1 aromatic carbocycles. The predicted octanol–water partition coefficient (Wildman–Crippen LogP) is 1.96. The third kappa shape index (κ3) is 5.52. The van der Waals surface area contributed by atoms with Crippen molar-refractivity contribution in [2.45, 2.75) is 32.2 Å². The molecule has 1 aliphatic rings. The van der Waals surface area contributed by atoms with Gasteiger partial charge in [-0.05, 0) is 31.9 Å². The number of likely N-dealkylation sites (tertiary alicyclic amines) is 1. The zero-order chi connectivity index (χ0) is 16.7. The van der Waals surface area contributed by atoms with Crippen molar-refractivity contribution in [2.24, 2.45) is 0 Å². The molecule has 0 aliphatic carbocycles. The highest BCUT2D eigenvalue weighted by Crippen LogP contribution is 2.19. The smallest absolute Gasteiger partial charge is 0.273 e. The molecule has 0 saturated carbocycles. The monoisotopic (exact) mass is 321 g/mol. The predicted molar refractivity (Wildman–Crippen MR) is 86.5 cm³/mol. The van der Waals surface area contributed by atoms with Gasteiger partial charge in [-0.3, -0.25) is 14.9 Å². The second kappa shape index (κ2) is 8.47. The highest BCUT2D eigenvalue weighted by molar-refractivity contribution is 5.77. The normalized spacial score (nSPS) is 16.0. The molecule has 7 nitrogen and oxygen atoms in total. The molecule has 0 radical (unpaired) electrons. The number of carbonyl (C=O) groups excluding carboxylic acids is 1. The molecule has 2 rings (SSSR count). The van der Waals surface area contributed by atoms with E-state index in [2.05, 4.69) is 17.1 Å². The Hall–Kier alpha value is -2.15. The Morgan fingerprint density at radius 3 is 2.83 bits per heavy atom. The number of hydrogen-bond donors (Lipinski definition) is 1. The molecular formula is C16H23N3O4. The number of piperidine rings is 1. The lowest BCUT2D eigenvalue weighted by Gasteiger charge is -2.32. The minimum Gasteiger partial charge on any atom is -0.484 e. The number of nitrogens with zero attached hydrogens (tertiary/aromatic N) is 2. The third-order valence-corrected chi connectivity index (χ3v) is 3.89. The van der Waals surface area contributed by atoms with Gasteiger partial charge in [0.05, 0.1) is 11.0 Å². The van der Waals surface area contributed by atoms with E-state index in [-0.39, 0.29) is 24.2 Å². The van der Waals surface area contributed by atoms with Gasteiger partial charge in [-0.25, -0.2) is 0 Å². The molecule has 0 aromatic heterocycles. The van der Waals surface area contributed by atoms with Crippen LogP contribution in [0.15, 0.2) is 24.3 Å². The first-order valence-electron chi connectivity index (χ1n) is 7.97. The number of amides is 1. The number of ether oxygens (including phenoxy) is 1. The first-order chi connectivity index (χ1) is 11.1. The van der Waals surface area contributed by atoms with Crippen LogP contribution in [-0.2, 0) is 4.79 Å². The van der Waals surface area contributed by atoms with Crippen molar-refractivity contribution < 1.29 is 14.5 Å². The second-order valence-electron chi connectivity index (χ2n) is 5.73. The van der Waals surface area contributed by atoms with E-state index in [4.69, 9.17) is 4.74 Å². The van der Waals surface area contributed by atoms with Gasteiger partial charge < -0.3 is 15.0 Å². The first-order valence-corrected chi connectivity index (χ1v) is 7.97. The van der Waals surface area contributed by atoms with Gasteiger partial charge in [0, 0.05) is 25.2 Å². The molecule has 1 heterocycles. The van der Waals surface area contributed by atoms with Gasteiger partial charge in [0.15, 0.2) is 6.61 Å². The fourth-order valence-corrected chi connectivity index (χ4v) is 2.72. The Labute approximate surface area is 135 Å². The van der Waals surface area contributed by atoms with Crippen molar-refractivity contribution in [3.8, 4) is 5.75 Å². The summed E-state index contributed by atoms with van der Waals surface area (Å²) in [6, 6.07) is 6.02. The molecule has 1 amide bonds. The summed E-state index contributed by atoms with van der Waals surface area (Å²) in [7, 11) is 0. The van der Waals surface area contributed by atoms with E-state index in [1.807, 2.05) is 0 Å². The first kappa shape index (κ1) is 17.2. The minimum absolute atomic E-state index is 0.0498. The van der Waals surface area contributed by atoms with Crippen LogP contribution >= 0.6 is 0 Å². The zero-order valence-electron chi connectivity index (χ0n) is 13.4. The van der Waals surface area contributed by atoms with E-state index in [1.165, 1.54) is 18.2 Å². The van der Waals surface area contributed by atoms with Crippen LogP contribution in [0.1, 0.15) is 26.2 Å². The summed E-state index contributed by atoms with van der Waals surface area (Å²) in [5, 5.41) is 13.7. The SMILES string of the molecule is CCCN1CCC(NC(=O)COc2cccc([N+](=O)[O-])c2)CC1. The summed E-state index contributed by atoms with van der Waals surface area (Å²) in [5.74, 6) is 0.137. The number of nitrogens with one attached hydrogen (secondary N) is 1. The fourth-order valence-electron chi connectivity index (χ4n) is 2.72. The number of nitro benzene ring substituents is 1. The summed E-state index contributed by atoms with van der Waals surface area (Å²) in [6.45, 7) is 5.15. The van der Waals surface area contributed by atoms with Crippen LogP contribution in [0.25, 0.3) is 0 Å². The van der Waals surface area contributed by atoms with Crippen LogP contribution in [0, 0.1) is 10.1 Å². The average molecular weight is 321 g/mol. The van der Waals surface area contributed by atoms with Crippen LogP contribution in [0.4, 0.5) is 5.69 Å². The number of benzene rings is 1. The minimum atomic E-state index is -0.489. The maximum atomic E-state index is 11.9. The largest absolute Gasteiger partial charge is 0.484 e. The van der Waals surface area contributed by atoms with Gasteiger partial charge in [0.1, 0.15) is 5.75 Å². The van der Waals surface area contributed by atoms with Crippen LogP contribution in [0.5, 0.6) is 5.75 Å². The van der Waals surface area contributed by atoms with Crippen molar-refractivity contribution in [2.75, 3.05) is 26.2 Å². The molecule has 1 aromatic rings. The molecule has 1 N–H and O–H groups in total. The number of non-ortho nitro benzene ring substituents is 1. The maximum absolute atomic E-state index is 11.9. The van der Waals surface area contributed by atoms with Gasteiger partial charge in [0.2, 0.25) is 0 Å². The van der Waals surface area contributed by atoms with E-state index in [0.717, 1.165) is 38.9 Å². The second-order valence-corrected chi connectivity index (χ2v) is 5.73. The average Bonchev–Trinajstić information content (AvgIpc) is 2.55. The van der Waals surface area contributed by atoms with E-state index < -0.39 is 4.92 Å². The van der Waals surface area contributed by atoms with Crippen LogP contribution in [-0.4, -0.2) is 48.0 Å². The van der Waals surface area contributed by atoms with Gasteiger partial charge in [-0.1, -0.05) is 13.0 Å². The quantitative estimate of drug-likeness (QED) is 0.613. The topological polar surface area (TPSA) is 84.7 Å². The lowest BCUT2D eigenvalue weighted by molar-refractivity contribution is -0.384. The van der Waals surface area contributed by atoms with Gasteiger partial charge in [-0.2, -0.15) is 0 Å². The molecule has 126 valence electrons. The molecule has 7 heteroatoms. The Balaban J connectivity index is 1.73. The van der Waals surface area contributed by atoms with Crippen molar-refractivity contribution in [3.05, 3.63) is 34.4 Å². The van der Waals surface area contributed by atoms with E-state index in [0.29, 0.717) is 5.75 Å². The lowest BCUT2D eigenvalue weighted by Crippen LogP contribution is -2.46. The van der Waals surface area contributed by atoms with E-state index >= 15 is 0 Å². The molecule has 0 spiro atoms. The van der Waals surface area contributed by atoms with Crippen LogP contribution in [0.2, 0.25) is 0 Å². The van der Waals surface area contributed by atoms with Crippen molar-refractivity contribution in [3.63, 3.8) is 0 Å². The van der Waals surface area contributed by atoms with Gasteiger partial charge in [-0.15, -0.1) is 0 Å². The Morgan fingerprint density at radius 1 is 1.43 bits per heavy atom. The summed E-state index contributed by atoms with van der Waals surface area (Å²) >= 11 is 0. The lowest BCUT2D eigenvalue weighted by atomic mass is 10.0. The molecule has 23 heavy (non-hydrogen) atoms. The standard InChI is InChI=1S/C16H23N3O4/c1-2-8-18-9-6-13(7-10-18)17-16(20)12-23-15-5-3-4-14(11-15)19(21)22/h3-5,11,13H,2,6-10,12H2,1H3,(H,17,20). The van der Waals surface area contributed by atoms with Gasteiger partial charge >= 0.3 is 0 Å². The molecule has 0 atom stereocenters. The highest BCUT2D eigenvalue weighted by Gasteiger charge is 2.20. The Kier molecular flexibility index (Phi) is 6.34. The Bertz CT molecular complexity index is 542. The molecule has 0 unspecified atom stereocenters. The summed E-state index contributed by atoms with van der Waals surface area (Å²) in [4.78, 5) is 24.5. The highest BCUT2D eigenvalue weighted by atomic mass is 16.6. The summed E-state index contributed by atoms with van der Waals surface area (Å²) in [5.41, 5.74) is -0.0498. The van der Waals surface area contributed by atoms with E-state index in [9.17, 15) is 14.9 Å². The van der Waals surface area contributed by atoms with Crippen molar-refractivity contribution >= 4 is 11.6 Å². The number of carbonyl (C=O) groups is 1. The van der Waals surface area contributed by atoms with Crippen LogP contribution < -0.4 is 10.1 Å². The number of nitro groups is 1. The molecule has 1 saturated heterocycles. The fraction of sp³-hybridized carbons (Fsp3) is 0.562. The summed E-state index contributed by atoms with van der Waals surface area (Å²) < 4.78 is 5.33. The molecule has 1 aliphatic heterocycles. The molecular weight excluding hydrogens is 298 g/mol. The zero-order valence-corrected chi connectivity index (χ0v) is 13.4. The summed E-state index contributed by atoms with van der Waals surface area (Å²) in [6.07, 6.45) is 3.04. The van der Waals surface area contributed by atoms with Crippen molar-refractivity contribution in [1.29, 1.82) is 0 Å². The van der Waals surface area contributed by atoms with Crippen LogP contribution in [0.3, 0.4) is 0 Å². The maximum Gasteiger partial charge on any atom is 0.273 e. The van der Waals surface area contributed by atoms with Crippen molar-refractivity contribution in [1.82, 2.24) is 10.2 Å². The van der Waals surface area contributed by atoms with Gasteiger partial charge in [0.25, 0.3) is 11.6 Å². The number of hydrogen-bond acceptors (Lipinski definition) is 5. The molecule has 1 fully saturated rings. The van der Waals surface area contributed by atoms with E-state index in [1.54, 1.807) is 6.07 Å². The number of rotatable bonds is 7. The molecule has 0 bridgehead atoms. The Morgan fingerprint density at radius 2 is 2.17 bits per heavy atom. The third-order valence-electron chi connectivity index (χ3n) is 3.89.